The van der Waals surface area contributed by atoms with Gasteiger partial charge < -0.3 is 9.32 Å². The quantitative estimate of drug-likeness (QED) is 0.596. The number of imidazole rings is 1. The second kappa shape index (κ2) is 7.53. The second-order valence-electron chi connectivity index (χ2n) is 9.28. The van der Waals surface area contributed by atoms with Crippen molar-refractivity contribution < 1.29 is 12.8 Å². The molecule has 1 aliphatic heterocycles. The zero-order valence-electron chi connectivity index (χ0n) is 18.5. The SMILES string of the molecule is Cc1nnc(-n2c(=O)n(CC3CCCCN3C)c3ccc(S(=O)(=O)NC4(C)CC4)cc32)o1. The second-order valence-corrected chi connectivity index (χ2v) is 11.0. The Balaban J connectivity index is 1.64. The first kappa shape index (κ1) is 21.4. The Hall–Kier alpha value is -2.50. The van der Waals surface area contributed by atoms with Crippen molar-refractivity contribution in [1.82, 2.24) is 29.0 Å². The molecule has 0 bridgehead atoms. The van der Waals surface area contributed by atoms with Crippen molar-refractivity contribution in [3.05, 3.63) is 34.6 Å². The van der Waals surface area contributed by atoms with Crippen LogP contribution in [0, 0.1) is 6.92 Å². The number of hydrogen-bond donors (Lipinski definition) is 1. The van der Waals surface area contributed by atoms with Gasteiger partial charge in [-0.2, -0.15) is 0 Å². The lowest BCUT2D eigenvalue weighted by Crippen LogP contribution is -2.41. The van der Waals surface area contributed by atoms with Crippen molar-refractivity contribution in [2.75, 3.05) is 13.6 Å². The maximum atomic E-state index is 13.5. The first-order valence-corrected chi connectivity index (χ1v) is 12.5. The third kappa shape index (κ3) is 3.78. The van der Waals surface area contributed by atoms with E-state index in [-0.39, 0.29) is 22.6 Å². The molecule has 1 N–H and O–H groups in total. The number of benzene rings is 1. The topological polar surface area (TPSA) is 115 Å². The Labute approximate surface area is 186 Å². The van der Waals surface area contributed by atoms with Gasteiger partial charge in [0.25, 0.3) is 0 Å². The molecule has 1 atom stereocenters. The molecule has 2 aromatic heterocycles. The van der Waals surface area contributed by atoms with Crippen LogP contribution in [0.15, 0.2) is 32.3 Å². The number of likely N-dealkylation sites (tertiary alicyclic amines) is 1. The van der Waals surface area contributed by atoms with Crippen LogP contribution in [-0.4, -0.2) is 57.8 Å². The van der Waals surface area contributed by atoms with Crippen LogP contribution in [0.5, 0.6) is 0 Å². The number of aromatic nitrogens is 4. The van der Waals surface area contributed by atoms with E-state index in [2.05, 4.69) is 26.9 Å². The molecule has 3 aromatic rings. The summed E-state index contributed by atoms with van der Waals surface area (Å²) in [5.74, 6) is 0.326. The van der Waals surface area contributed by atoms with Crippen LogP contribution in [-0.2, 0) is 16.6 Å². The van der Waals surface area contributed by atoms with E-state index in [0.717, 1.165) is 38.6 Å². The Kier molecular flexibility index (Phi) is 5.02. The Bertz CT molecular complexity index is 1330. The van der Waals surface area contributed by atoms with Gasteiger partial charge in [-0.15, -0.1) is 5.10 Å². The van der Waals surface area contributed by atoms with Gasteiger partial charge in [0.05, 0.1) is 15.9 Å². The monoisotopic (exact) mass is 460 g/mol. The number of likely N-dealkylation sites (N-methyl/N-ethyl adjacent to an activating group) is 1. The Morgan fingerprint density at radius 1 is 1.22 bits per heavy atom. The largest absolute Gasteiger partial charge is 0.408 e. The van der Waals surface area contributed by atoms with Gasteiger partial charge in [0, 0.05) is 25.0 Å². The molecule has 0 amide bonds. The lowest BCUT2D eigenvalue weighted by molar-refractivity contribution is 0.167. The average molecular weight is 461 g/mol. The number of hydrogen-bond acceptors (Lipinski definition) is 7. The van der Waals surface area contributed by atoms with Gasteiger partial charge in [0.2, 0.25) is 15.9 Å². The molecule has 0 radical (unpaired) electrons. The molecule has 10 nitrogen and oxygen atoms in total. The van der Waals surface area contributed by atoms with Crippen LogP contribution >= 0.6 is 0 Å². The molecule has 1 unspecified atom stereocenters. The van der Waals surface area contributed by atoms with Crippen molar-refractivity contribution in [1.29, 1.82) is 0 Å². The highest BCUT2D eigenvalue weighted by Crippen LogP contribution is 2.36. The maximum Gasteiger partial charge on any atom is 0.337 e. The van der Waals surface area contributed by atoms with E-state index in [0.29, 0.717) is 23.5 Å². The summed E-state index contributed by atoms with van der Waals surface area (Å²) in [6, 6.07) is 5.03. The average Bonchev–Trinajstić information content (AvgIpc) is 3.18. The summed E-state index contributed by atoms with van der Waals surface area (Å²) in [4.78, 5) is 15.9. The maximum absolute atomic E-state index is 13.5. The third-order valence-corrected chi connectivity index (χ3v) is 8.25. The molecule has 2 aliphatic rings. The first-order valence-electron chi connectivity index (χ1n) is 11.0. The summed E-state index contributed by atoms with van der Waals surface area (Å²) in [7, 11) is -1.66. The molecule has 5 rings (SSSR count). The summed E-state index contributed by atoms with van der Waals surface area (Å²) < 4.78 is 37.3. The van der Waals surface area contributed by atoms with Crippen LogP contribution in [0.4, 0.5) is 0 Å². The summed E-state index contributed by atoms with van der Waals surface area (Å²) in [6.45, 7) is 5.04. The van der Waals surface area contributed by atoms with Crippen molar-refractivity contribution in [3.8, 4) is 6.01 Å². The van der Waals surface area contributed by atoms with E-state index in [9.17, 15) is 13.2 Å². The zero-order valence-corrected chi connectivity index (χ0v) is 19.4. The van der Waals surface area contributed by atoms with Gasteiger partial charge in [-0.05, 0) is 64.4 Å². The fourth-order valence-corrected chi connectivity index (χ4v) is 5.89. The number of sulfonamides is 1. The summed E-state index contributed by atoms with van der Waals surface area (Å²) in [5, 5.41) is 7.87. The molecule has 3 heterocycles. The first-order chi connectivity index (χ1) is 15.2. The molecular weight excluding hydrogens is 432 g/mol. The molecular formula is C21H28N6O4S. The number of fused-ring (bicyclic) bond motifs is 1. The minimum atomic E-state index is -3.73. The molecule has 11 heteroatoms. The Morgan fingerprint density at radius 2 is 2.00 bits per heavy atom. The highest BCUT2D eigenvalue weighted by molar-refractivity contribution is 7.89. The zero-order chi connectivity index (χ0) is 22.7. The van der Waals surface area contributed by atoms with Crippen LogP contribution in [0.2, 0.25) is 0 Å². The fourth-order valence-electron chi connectivity index (χ4n) is 4.40. The summed E-state index contributed by atoms with van der Waals surface area (Å²) in [6.07, 6.45) is 4.90. The number of nitrogens with one attached hydrogen (secondary N) is 1. The Morgan fingerprint density at radius 3 is 2.66 bits per heavy atom. The van der Waals surface area contributed by atoms with Gasteiger partial charge in [-0.25, -0.2) is 22.5 Å². The summed E-state index contributed by atoms with van der Waals surface area (Å²) >= 11 is 0. The fraction of sp³-hybridized carbons (Fsp3) is 0.571. The van der Waals surface area contributed by atoms with Gasteiger partial charge >= 0.3 is 11.7 Å². The van der Waals surface area contributed by atoms with E-state index < -0.39 is 15.6 Å². The molecule has 1 aromatic carbocycles. The van der Waals surface area contributed by atoms with Crippen LogP contribution in [0.25, 0.3) is 17.0 Å². The van der Waals surface area contributed by atoms with Crippen LogP contribution in [0.1, 0.15) is 44.9 Å². The molecule has 1 saturated heterocycles. The van der Waals surface area contributed by atoms with E-state index in [4.69, 9.17) is 4.42 Å². The molecule has 172 valence electrons. The minimum Gasteiger partial charge on any atom is -0.408 e. The van der Waals surface area contributed by atoms with Crippen molar-refractivity contribution in [2.24, 2.45) is 0 Å². The summed E-state index contributed by atoms with van der Waals surface area (Å²) in [5.41, 5.74) is 0.357. The van der Waals surface area contributed by atoms with Gasteiger partial charge in [-0.1, -0.05) is 11.5 Å². The predicted octanol–water partition coefficient (Wildman–Crippen LogP) is 1.80. The van der Waals surface area contributed by atoms with E-state index in [1.807, 2.05) is 6.92 Å². The minimum absolute atomic E-state index is 0.0323. The van der Waals surface area contributed by atoms with E-state index in [1.165, 1.54) is 10.6 Å². The molecule has 0 spiro atoms. The van der Waals surface area contributed by atoms with Crippen LogP contribution < -0.4 is 10.4 Å². The smallest absolute Gasteiger partial charge is 0.337 e. The highest BCUT2D eigenvalue weighted by Gasteiger charge is 2.41. The van der Waals surface area contributed by atoms with Crippen LogP contribution in [0.3, 0.4) is 0 Å². The van der Waals surface area contributed by atoms with E-state index in [1.54, 1.807) is 23.6 Å². The lowest BCUT2D eigenvalue weighted by atomic mass is 10.0. The van der Waals surface area contributed by atoms with Gasteiger partial charge in [0.1, 0.15) is 0 Å². The molecule has 1 aliphatic carbocycles. The standard InChI is InChI=1S/C21H28N6O4S/c1-14-22-23-19(31-14)27-18-12-16(32(29,30)24-21(2)9-10-21)7-8-17(18)26(20(27)28)13-15-6-4-5-11-25(15)3/h7-8,12,15,24H,4-6,9-11,13H2,1-3H3. The van der Waals surface area contributed by atoms with Gasteiger partial charge in [-0.3, -0.25) is 4.57 Å². The molecule has 1 saturated carbocycles. The van der Waals surface area contributed by atoms with Crippen molar-refractivity contribution in [3.63, 3.8) is 0 Å². The lowest BCUT2D eigenvalue weighted by Gasteiger charge is -2.32. The highest BCUT2D eigenvalue weighted by atomic mass is 32.2. The molecule has 32 heavy (non-hydrogen) atoms. The van der Waals surface area contributed by atoms with Crippen molar-refractivity contribution >= 4 is 21.1 Å². The predicted molar refractivity (Wildman–Crippen MR) is 118 cm³/mol. The molecule has 2 fully saturated rings. The number of rotatable bonds is 6. The number of piperidine rings is 1. The van der Waals surface area contributed by atoms with E-state index >= 15 is 0 Å². The third-order valence-electron chi connectivity index (χ3n) is 6.61. The normalized spacial score (nSPS) is 21.3. The van der Waals surface area contributed by atoms with Crippen molar-refractivity contribution in [2.45, 2.75) is 69.0 Å². The number of nitrogens with zero attached hydrogens (tertiary/aromatic N) is 5. The van der Waals surface area contributed by atoms with Gasteiger partial charge in [0.15, 0.2) is 0 Å². The number of aryl methyl sites for hydroxylation is 1.